The van der Waals surface area contributed by atoms with Gasteiger partial charge in [0.1, 0.15) is 5.82 Å². The van der Waals surface area contributed by atoms with Gasteiger partial charge >= 0.3 is 5.97 Å². The van der Waals surface area contributed by atoms with Crippen LogP contribution in [0.1, 0.15) is 21.6 Å². The molecule has 0 bridgehead atoms. The second kappa shape index (κ2) is 6.60. The van der Waals surface area contributed by atoms with Crippen molar-refractivity contribution in [3.05, 3.63) is 77.6 Å². The van der Waals surface area contributed by atoms with E-state index in [2.05, 4.69) is 15.1 Å². The number of halogens is 1. The van der Waals surface area contributed by atoms with Gasteiger partial charge in [-0.2, -0.15) is 5.10 Å². The molecule has 4 aromatic rings. The highest BCUT2D eigenvalue weighted by Gasteiger charge is 2.15. The normalized spacial score (nSPS) is 11.0. The molecule has 1 N–H and O–H groups in total. The first kappa shape index (κ1) is 16.8. The lowest BCUT2D eigenvalue weighted by atomic mass is 10.1. The molecular weight excluding hydrogens is 347 g/mol. The number of carboxylic acids is 1. The maximum Gasteiger partial charge on any atom is 0.337 e. The zero-order valence-electron chi connectivity index (χ0n) is 14.4. The Labute approximate surface area is 153 Å². The van der Waals surface area contributed by atoms with Crippen LogP contribution in [0, 0.1) is 12.7 Å². The van der Waals surface area contributed by atoms with Crippen molar-refractivity contribution < 1.29 is 14.3 Å². The van der Waals surface area contributed by atoms with E-state index in [9.17, 15) is 14.3 Å². The quantitative estimate of drug-likeness (QED) is 0.599. The summed E-state index contributed by atoms with van der Waals surface area (Å²) >= 11 is 0. The number of hydrogen-bond donors (Lipinski definition) is 1. The Kier molecular flexibility index (Phi) is 4.12. The average molecular weight is 362 g/mol. The molecule has 7 heteroatoms. The van der Waals surface area contributed by atoms with Crippen molar-refractivity contribution in [1.29, 1.82) is 0 Å². The van der Waals surface area contributed by atoms with Gasteiger partial charge in [0.25, 0.3) is 0 Å². The maximum atomic E-state index is 13.4. The molecule has 0 fully saturated rings. The van der Waals surface area contributed by atoms with E-state index in [1.165, 1.54) is 12.1 Å². The van der Waals surface area contributed by atoms with Crippen molar-refractivity contribution in [2.24, 2.45) is 0 Å². The van der Waals surface area contributed by atoms with Crippen LogP contribution < -0.4 is 0 Å². The lowest BCUT2D eigenvalue weighted by Gasteiger charge is -2.07. The van der Waals surface area contributed by atoms with Crippen LogP contribution >= 0.6 is 0 Å². The SMILES string of the molecule is Cc1cc(C(=O)O)c2c(cnn2Cc2cnc(-c3cccc(F)c3)cn2)c1. The molecule has 0 unspecified atom stereocenters. The van der Waals surface area contributed by atoms with Crippen LogP contribution in [0.2, 0.25) is 0 Å². The van der Waals surface area contributed by atoms with Gasteiger partial charge in [0.2, 0.25) is 0 Å². The summed E-state index contributed by atoms with van der Waals surface area (Å²) in [5, 5.41) is 14.6. The number of rotatable bonds is 4. The summed E-state index contributed by atoms with van der Waals surface area (Å²) in [5.74, 6) is -1.34. The molecule has 0 saturated heterocycles. The number of aromatic nitrogens is 4. The van der Waals surface area contributed by atoms with Crippen LogP contribution in [0.15, 0.2) is 55.0 Å². The number of hydrogen-bond acceptors (Lipinski definition) is 4. The van der Waals surface area contributed by atoms with Crippen molar-refractivity contribution in [3.8, 4) is 11.3 Å². The number of benzene rings is 2. The van der Waals surface area contributed by atoms with E-state index >= 15 is 0 Å². The Hall–Kier alpha value is -3.61. The minimum Gasteiger partial charge on any atom is -0.478 e. The molecule has 2 aromatic heterocycles. The van der Waals surface area contributed by atoms with E-state index in [0.29, 0.717) is 22.5 Å². The third-order valence-electron chi connectivity index (χ3n) is 4.25. The average Bonchev–Trinajstić information content (AvgIpc) is 3.04. The van der Waals surface area contributed by atoms with Crippen molar-refractivity contribution in [3.63, 3.8) is 0 Å². The smallest absolute Gasteiger partial charge is 0.337 e. The summed E-state index contributed by atoms with van der Waals surface area (Å²) in [6, 6.07) is 9.66. The van der Waals surface area contributed by atoms with Gasteiger partial charge in [-0.25, -0.2) is 9.18 Å². The maximum absolute atomic E-state index is 13.4. The number of nitrogens with zero attached hydrogens (tertiary/aromatic N) is 4. The topological polar surface area (TPSA) is 80.9 Å². The Morgan fingerprint density at radius 3 is 2.70 bits per heavy atom. The molecule has 27 heavy (non-hydrogen) atoms. The molecule has 0 aliphatic heterocycles. The lowest BCUT2D eigenvalue weighted by molar-refractivity contribution is 0.0698. The van der Waals surface area contributed by atoms with Gasteiger partial charge in [0.05, 0.1) is 47.6 Å². The van der Waals surface area contributed by atoms with Gasteiger partial charge in [-0.1, -0.05) is 12.1 Å². The second-order valence-corrected chi connectivity index (χ2v) is 6.26. The minimum atomic E-state index is -1.00. The summed E-state index contributed by atoms with van der Waals surface area (Å²) in [4.78, 5) is 20.3. The fourth-order valence-electron chi connectivity index (χ4n) is 3.05. The monoisotopic (exact) mass is 362 g/mol. The van der Waals surface area contributed by atoms with Crippen LogP contribution in [0.3, 0.4) is 0 Å². The number of aromatic carboxylic acids is 1. The van der Waals surface area contributed by atoms with Gasteiger partial charge in [-0.05, 0) is 36.8 Å². The molecule has 0 spiro atoms. The molecule has 4 rings (SSSR count). The Morgan fingerprint density at radius 1 is 1.15 bits per heavy atom. The second-order valence-electron chi connectivity index (χ2n) is 6.26. The highest BCUT2D eigenvalue weighted by Crippen LogP contribution is 2.22. The summed E-state index contributed by atoms with van der Waals surface area (Å²) in [6.07, 6.45) is 4.80. The molecule has 0 aliphatic carbocycles. The standard InChI is InChI=1S/C20H15FN4O2/c1-12-5-14-8-24-25(19(14)17(6-12)20(26)27)11-16-9-23-18(10-22-16)13-3-2-4-15(21)7-13/h2-10H,11H2,1H3,(H,26,27). The van der Waals surface area contributed by atoms with Gasteiger partial charge in [0, 0.05) is 10.9 Å². The van der Waals surface area contributed by atoms with Crippen LogP contribution in [-0.4, -0.2) is 30.8 Å². The third kappa shape index (κ3) is 3.27. The largest absolute Gasteiger partial charge is 0.478 e. The summed E-state index contributed by atoms with van der Waals surface area (Å²) < 4.78 is 15.0. The van der Waals surface area contributed by atoms with Gasteiger partial charge in [-0.3, -0.25) is 14.6 Å². The number of aryl methyl sites for hydroxylation is 1. The molecule has 134 valence electrons. The Balaban J connectivity index is 1.68. The first-order chi connectivity index (χ1) is 13.0. The first-order valence-electron chi connectivity index (χ1n) is 8.27. The zero-order chi connectivity index (χ0) is 19.0. The minimum absolute atomic E-state index is 0.201. The molecular formula is C20H15FN4O2. The summed E-state index contributed by atoms with van der Waals surface area (Å²) in [7, 11) is 0. The number of carbonyl (C=O) groups is 1. The predicted molar refractivity (Wildman–Crippen MR) is 98.0 cm³/mol. The molecule has 0 radical (unpaired) electrons. The number of carboxylic acid groups (broad SMARTS) is 1. The van der Waals surface area contributed by atoms with Crippen LogP contribution in [0.5, 0.6) is 0 Å². The Bertz CT molecular complexity index is 1150. The van der Waals surface area contributed by atoms with E-state index < -0.39 is 5.97 Å². The molecule has 0 aliphatic rings. The van der Waals surface area contributed by atoms with Crippen molar-refractivity contribution >= 4 is 16.9 Å². The fourth-order valence-corrected chi connectivity index (χ4v) is 3.05. The van der Waals surface area contributed by atoms with Gasteiger partial charge in [-0.15, -0.1) is 0 Å². The van der Waals surface area contributed by atoms with Crippen molar-refractivity contribution in [2.75, 3.05) is 0 Å². The summed E-state index contributed by atoms with van der Waals surface area (Å²) in [6.45, 7) is 2.13. The van der Waals surface area contributed by atoms with Gasteiger partial charge < -0.3 is 5.11 Å². The number of fused-ring (bicyclic) bond motifs is 1. The van der Waals surface area contributed by atoms with Crippen molar-refractivity contribution in [2.45, 2.75) is 13.5 Å². The lowest BCUT2D eigenvalue weighted by Crippen LogP contribution is -2.08. The predicted octanol–water partition coefficient (Wildman–Crippen LogP) is 3.69. The molecule has 2 heterocycles. The van der Waals surface area contributed by atoms with E-state index in [1.807, 2.05) is 13.0 Å². The van der Waals surface area contributed by atoms with E-state index in [4.69, 9.17) is 0 Å². The van der Waals surface area contributed by atoms with E-state index in [-0.39, 0.29) is 17.9 Å². The molecule has 0 saturated carbocycles. The highest BCUT2D eigenvalue weighted by molar-refractivity contribution is 6.02. The van der Waals surface area contributed by atoms with Gasteiger partial charge in [0.15, 0.2) is 0 Å². The van der Waals surface area contributed by atoms with Crippen LogP contribution in [0.25, 0.3) is 22.2 Å². The molecule has 2 aromatic carbocycles. The zero-order valence-corrected chi connectivity index (χ0v) is 14.4. The fraction of sp³-hybridized carbons (Fsp3) is 0.100. The van der Waals surface area contributed by atoms with Crippen LogP contribution in [0.4, 0.5) is 4.39 Å². The molecule has 6 nitrogen and oxygen atoms in total. The van der Waals surface area contributed by atoms with Crippen molar-refractivity contribution in [1.82, 2.24) is 19.7 Å². The summed E-state index contributed by atoms with van der Waals surface area (Å²) in [5.41, 5.74) is 3.43. The third-order valence-corrected chi connectivity index (χ3v) is 4.25. The molecule has 0 amide bonds. The molecule has 0 atom stereocenters. The van der Waals surface area contributed by atoms with E-state index in [0.717, 1.165) is 10.9 Å². The van der Waals surface area contributed by atoms with Crippen LogP contribution in [-0.2, 0) is 6.54 Å². The first-order valence-corrected chi connectivity index (χ1v) is 8.27. The Morgan fingerprint density at radius 2 is 2.00 bits per heavy atom. The van der Waals surface area contributed by atoms with E-state index in [1.54, 1.807) is 41.5 Å². The highest BCUT2D eigenvalue weighted by atomic mass is 19.1.